The molecule has 1 aliphatic heterocycles. The quantitative estimate of drug-likeness (QED) is 0.725. The van der Waals surface area contributed by atoms with Crippen LogP contribution >= 0.6 is 12.4 Å². The Morgan fingerprint density at radius 2 is 1.64 bits per heavy atom. The van der Waals surface area contributed by atoms with Gasteiger partial charge in [0, 0.05) is 43.3 Å². The molecular weight excluding hydrogens is 438 g/mol. The van der Waals surface area contributed by atoms with Gasteiger partial charge in [-0.05, 0) is 68.4 Å². The van der Waals surface area contributed by atoms with Crippen molar-refractivity contribution in [3.8, 4) is 0 Å². The lowest BCUT2D eigenvalue weighted by atomic mass is 9.53. The number of para-hydroxylation sites is 1. The van der Waals surface area contributed by atoms with Crippen molar-refractivity contribution in [1.82, 2.24) is 14.8 Å². The number of carbonyl (C=O) groups is 1. The molecule has 1 N–H and O–H groups in total. The van der Waals surface area contributed by atoms with Crippen molar-refractivity contribution >= 4 is 29.2 Å². The molecule has 33 heavy (non-hydrogen) atoms. The summed E-state index contributed by atoms with van der Waals surface area (Å²) >= 11 is 0. The molecule has 4 saturated carbocycles. The number of ether oxygens (including phenoxy) is 1. The summed E-state index contributed by atoms with van der Waals surface area (Å²) in [5.41, 5.74) is 0.951. The van der Waals surface area contributed by atoms with Crippen molar-refractivity contribution in [3.63, 3.8) is 0 Å². The Bertz CT molecular complexity index is 1060. The molecule has 6 nitrogen and oxygen atoms in total. The summed E-state index contributed by atoms with van der Waals surface area (Å²) in [5.74, 6) is 2.08. The number of benzene rings is 1. The molecular formula is C26H34ClN3O3. The van der Waals surface area contributed by atoms with E-state index in [0.29, 0.717) is 10.9 Å². The molecule has 1 aromatic carbocycles. The zero-order chi connectivity index (χ0) is 21.7. The average molecular weight is 472 g/mol. The number of fused-ring (bicyclic) bond motifs is 1. The number of hydrogen-bond donors (Lipinski definition) is 1. The van der Waals surface area contributed by atoms with E-state index in [1.54, 1.807) is 6.20 Å². The number of nitrogens with one attached hydrogen (secondary N) is 1. The van der Waals surface area contributed by atoms with Crippen LogP contribution in [-0.2, 0) is 11.3 Å². The zero-order valence-corrected chi connectivity index (χ0v) is 19.9. The predicted molar refractivity (Wildman–Crippen MR) is 131 cm³/mol. The Kier molecular flexibility index (Phi) is 6.27. The van der Waals surface area contributed by atoms with Gasteiger partial charge in [-0.1, -0.05) is 12.1 Å². The summed E-state index contributed by atoms with van der Waals surface area (Å²) in [6.07, 6.45) is 9.07. The van der Waals surface area contributed by atoms with E-state index in [1.807, 2.05) is 24.3 Å². The van der Waals surface area contributed by atoms with Crippen molar-refractivity contribution in [2.75, 3.05) is 32.8 Å². The van der Waals surface area contributed by atoms with E-state index < -0.39 is 0 Å². The first-order valence-electron chi connectivity index (χ1n) is 12.3. The lowest BCUT2D eigenvalue weighted by Crippen LogP contribution is -2.60. The van der Waals surface area contributed by atoms with Crippen molar-refractivity contribution in [3.05, 3.63) is 46.2 Å². The average Bonchev–Trinajstić information content (AvgIpc) is 2.78. The van der Waals surface area contributed by atoms with Crippen LogP contribution in [0.5, 0.6) is 0 Å². The highest BCUT2D eigenvalue weighted by Gasteiger charge is 2.51. The molecule has 5 fully saturated rings. The maximum absolute atomic E-state index is 13.5. The smallest absolute Gasteiger partial charge is 0.257 e. The summed E-state index contributed by atoms with van der Waals surface area (Å²) in [5, 5.41) is 4.03. The number of amides is 1. The number of nitrogens with zero attached hydrogens (tertiary/aromatic N) is 2. The van der Waals surface area contributed by atoms with Crippen LogP contribution in [0.2, 0.25) is 0 Å². The second-order valence-corrected chi connectivity index (χ2v) is 10.7. The fourth-order valence-corrected chi connectivity index (χ4v) is 7.34. The van der Waals surface area contributed by atoms with Gasteiger partial charge in [0.2, 0.25) is 5.43 Å². The van der Waals surface area contributed by atoms with Crippen molar-refractivity contribution in [1.29, 1.82) is 0 Å². The number of carbonyl (C=O) groups excluding carboxylic acids is 1. The first kappa shape index (κ1) is 22.9. The first-order valence-corrected chi connectivity index (χ1v) is 12.3. The van der Waals surface area contributed by atoms with Crippen LogP contribution in [-0.4, -0.2) is 53.8 Å². The third-order valence-electron chi connectivity index (χ3n) is 8.41. The van der Waals surface area contributed by atoms with Gasteiger partial charge in [-0.2, -0.15) is 0 Å². The highest BCUT2D eigenvalue weighted by atomic mass is 35.5. The molecule has 7 heteroatoms. The van der Waals surface area contributed by atoms with E-state index >= 15 is 0 Å². The van der Waals surface area contributed by atoms with Crippen LogP contribution < -0.4 is 10.7 Å². The molecule has 4 bridgehead atoms. The van der Waals surface area contributed by atoms with Crippen LogP contribution in [0.15, 0.2) is 35.3 Å². The standard InChI is InChI=1S/C26H33N3O3.ClH/c30-24-21-3-1-2-4-23(21)29(6-5-28-7-9-32-10-8-28)17-22(24)25(31)27-26-14-18-11-19(15-26)13-20(12-18)16-26;/h1-4,17-20H,5-16H2,(H,27,31);1H. The molecule has 5 aliphatic rings. The van der Waals surface area contributed by atoms with Crippen LogP contribution in [0.4, 0.5) is 0 Å². The number of pyridine rings is 1. The topological polar surface area (TPSA) is 63.6 Å². The molecule has 2 heterocycles. The van der Waals surface area contributed by atoms with Gasteiger partial charge in [0.15, 0.2) is 0 Å². The van der Waals surface area contributed by atoms with Crippen LogP contribution in [0.1, 0.15) is 48.9 Å². The van der Waals surface area contributed by atoms with E-state index in [-0.39, 0.29) is 29.3 Å². The third kappa shape index (κ3) is 4.33. The number of aromatic nitrogens is 1. The molecule has 0 atom stereocenters. The number of halogens is 1. The van der Waals surface area contributed by atoms with Gasteiger partial charge < -0.3 is 14.6 Å². The fourth-order valence-electron chi connectivity index (χ4n) is 7.34. The second kappa shape index (κ2) is 9.05. The van der Waals surface area contributed by atoms with E-state index in [9.17, 15) is 9.59 Å². The molecule has 178 valence electrons. The Morgan fingerprint density at radius 1 is 1.00 bits per heavy atom. The minimum absolute atomic E-state index is 0. The number of morpholine rings is 1. The van der Waals surface area contributed by atoms with Gasteiger partial charge in [0.05, 0.1) is 18.7 Å². The van der Waals surface area contributed by atoms with Gasteiger partial charge >= 0.3 is 0 Å². The minimum Gasteiger partial charge on any atom is -0.379 e. The lowest BCUT2D eigenvalue weighted by Gasteiger charge is -2.56. The van der Waals surface area contributed by atoms with Gasteiger partial charge in [0.25, 0.3) is 5.91 Å². The molecule has 7 rings (SSSR count). The Morgan fingerprint density at radius 3 is 2.30 bits per heavy atom. The second-order valence-electron chi connectivity index (χ2n) is 10.7. The molecule has 1 saturated heterocycles. The molecule has 2 aromatic rings. The lowest BCUT2D eigenvalue weighted by molar-refractivity contribution is -0.0167. The van der Waals surface area contributed by atoms with E-state index in [2.05, 4.69) is 14.8 Å². The van der Waals surface area contributed by atoms with E-state index in [0.717, 1.165) is 81.9 Å². The summed E-state index contributed by atoms with van der Waals surface area (Å²) in [7, 11) is 0. The Labute approximate surface area is 201 Å². The Hall–Kier alpha value is -1.89. The predicted octanol–water partition coefficient (Wildman–Crippen LogP) is 3.45. The van der Waals surface area contributed by atoms with Crippen LogP contribution in [0.3, 0.4) is 0 Å². The molecule has 0 radical (unpaired) electrons. The largest absolute Gasteiger partial charge is 0.379 e. The van der Waals surface area contributed by atoms with E-state index in [4.69, 9.17) is 4.74 Å². The maximum atomic E-state index is 13.5. The molecule has 0 spiro atoms. The summed E-state index contributed by atoms with van der Waals surface area (Å²) in [4.78, 5) is 29.2. The van der Waals surface area contributed by atoms with Gasteiger partial charge in [-0.25, -0.2) is 0 Å². The SMILES string of the molecule is Cl.O=C(NC12CC3CC(CC(C3)C1)C2)c1cn(CCN2CCOCC2)c2ccccc2c1=O. The monoisotopic (exact) mass is 471 g/mol. The van der Waals surface area contributed by atoms with Crippen LogP contribution in [0, 0.1) is 17.8 Å². The maximum Gasteiger partial charge on any atom is 0.257 e. The van der Waals surface area contributed by atoms with E-state index in [1.165, 1.54) is 19.3 Å². The fraction of sp³-hybridized carbons (Fsp3) is 0.615. The summed E-state index contributed by atoms with van der Waals surface area (Å²) in [6, 6.07) is 7.68. The molecule has 4 aliphatic carbocycles. The van der Waals surface area contributed by atoms with Gasteiger partial charge in [-0.15, -0.1) is 12.4 Å². The third-order valence-corrected chi connectivity index (χ3v) is 8.41. The Balaban J connectivity index is 0.00000228. The zero-order valence-electron chi connectivity index (χ0n) is 19.1. The van der Waals surface area contributed by atoms with Crippen molar-refractivity contribution in [2.24, 2.45) is 17.8 Å². The van der Waals surface area contributed by atoms with Gasteiger partial charge in [-0.3, -0.25) is 14.5 Å². The normalized spacial score (nSPS) is 30.8. The highest BCUT2D eigenvalue weighted by Crippen LogP contribution is 2.55. The van der Waals surface area contributed by atoms with Crippen LogP contribution in [0.25, 0.3) is 10.9 Å². The molecule has 1 aromatic heterocycles. The van der Waals surface area contributed by atoms with Crippen molar-refractivity contribution < 1.29 is 9.53 Å². The first-order chi connectivity index (χ1) is 15.6. The van der Waals surface area contributed by atoms with Gasteiger partial charge in [0.1, 0.15) is 5.56 Å². The summed E-state index contributed by atoms with van der Waals surface area (Å²) in [6.45, 7) is 5.02. The minimum atomic E-state index is -0.178. The number of rotatable bonds is 5. The summed E-state index contributed by atoms with van der Waals surface area (Å²) < 4.78 is 7.56. The molecule has 1 amide bonds. The highest BCUT2D eigenvalue weighted by molar-refractivity contribution is 5.97. The molecule has 0 unspecified atom stereocenters. The van der Waals surface area contributed by atoms with Crippen molar-refractivity contribution in [2.45, 2.75) is 50.6 Å². The number of hydrogen-bond acceptors (Lipinski definition) is 4.